The molecule has 118 valence electrons. The van der Waals surface area contributed by atoms with Crippen LogP contribution in [0.1, 0.15) is 31.4 Å². The van der Waals surface area contributed by atoms with E-state index in [9.17, 15) is 0 Å². The first-order chi connectivity index (χ1) is 10.4. The van der Waals surface area contributed by atoms with Crippen LogP contribution in [0.5, 0.6) is 11.5 Å². The average molecular weight is 632 g/mol. The summed E-state index contributed by atoms with van der Waals surface area (Å²) in [6.45, 7) is 6.65. The Kier molecular flexibility index (Phi) is 7.25. The second-order valence-corrected chi connectivity index (χ2v) is 9.32. The molecule has 22 heavy (non-hydrogen) atoms. The Balaban J connectivity index is 2.22. The van der Waals surface area contributed by atoms with Gasteiger partial charge in [0.05, 0.1) is 7.14 Å². The number of aryl methyl sites for hydroxylation is 2. The highest BCUT2D eigenvalue weighted by molar-refractivity contribution is 14.1. The van der Waals surface area contributed by atoms with Gasteiger partial charge in [-0.1, -0.05) is 19.9 Å². The summed E-state index contributed by atoms with van der Waals surface area (Å²) in [6, 6.07) is 10.7. The molecule has 0 unspecified atom stereocenters. The molecule has 0 fully saturated rings. The summed E-state index contributed by atoms with van der Waals surface area (Å²) in [5.74, 6) is 2.61. The normalized spacial score (nSPS) is 11.0. The summed E-state index contributed by atoms with van der Waals surface area (Å²) in [6.07, 6.45) is 2.36. The quantitative estimate of drug-likeness (QED) is 0.318. The SMILES string of the molecule is Cc1ccc(Oc2c(I)cc(CCC(C)C)cc2I)cc1I. The molecular weight excluding hydrogens is 613 g/mol. The van der Waals surface area contributed by atoms with Gasteiger partial charge in [-0.05, 0) is 129 Å². The van der Waals surface area contributed by atoms with Crippen LogP contribution in [-0.2, 0) is 6.42 Å². The fraction of sp³-hybridized carbons (Fsp3) is 0.333. The molecule has 2 aromatic carbocycles. The highest BCUT2D eigenvalue weighted by atomic mass is 127. The maximum atomic E-state index is 6.14. The first-order valence-corrected chi connectivity index (χ1v) is 10.5. The van der Waals surface area contributed by atoms with Gasteiger partial charge < -0.3 is 4.74 Å². The molecule has 0 N–H and O–H groups in total. The fourth-order valence-corrected chi connectivity index (χ4v) is 4.67. The molecule has 0 heterocycles. The molecule has 2 rings (SSSR count). The Morgan fingerprint density at radius 1 is 0.955 bits per heavy atom. The van der Waals surface area contributed by atoms with Crippen LogP contribution in [0, 0.1) is 23.6 Å². The average Bonchev–Trinajstić information content (AvgIpc) is 2.44. The first-order valence-electron chi connectivity index (χ1n) is 7.28. The first kappa shape index (κ1) is 18.8. The third kappa shape index (κ3) is 5.22. The van der Waals surface area contributed by atoms with Crippen molar-refractivity contribution in [1.29, 1.82) is 0 Å². The van der Waals surface area contributed by atoms with Gasteiger partial charge in [0.1, 0.15) is 5.75 Å². The molecule has 0 aliphatic heterocycles. The van der Waals surface area contributed by atoms with Gasteiger partial charge in [0, 0.05) is 3.57 Å². The van der Waals surface area contributed by atoms with E-state index >= 15 is 0 Å². The number of rotatable bonds is 5. The molecular formula is C18H19I3O. The molecule has 0 bridgehead atoms. The van der Waals surface area contributed by atoms with E-state index in [0.29, 0.717) is 0 Å². The van der Waals surface area contributed by atoms with Crippen molar-refractivity contribution in [3.8, 4) is 11.5 Å². The topological polar surface area (TPSA) is 9.23 Å². The van der Waals surface area contributed by atoms with E-state index in [2.05, 4.69) is 113 Å². The number of hydrogen-bond acceptors (Lipinski definition) is 1. The smallest absolute Gasteiger partial charge is 0.154 e. The van der Waals surface area contributed by atoms with Gasteiger partial charge in [-0.3, -0.25) is 0 Å². The Labute approximate surface area is 174 Å². The highest BCUT2D eigenvalue weighted by Gasteiger charge is 2.11. The minimum atomic E-state index is 0.737. The van der Waals surface area contributed by atoms with Gasteiger partial charge in [-0.15, -0.1) is 0 Å². The molecule has 2 aromatic rings. The second-order valence-electron chi connectivity index (χ2n) is 5.83. The van der Waals surface area contributed by atoms with Gasteiger partial charge in [-0.25, -0.2) is 0 Å². The molecule has 0 saturated carbocycles. The third-order valence-electron chi connectivity index (χ3n) is 3.43. The van der Waals surface area contributed by atoms with Crippen LogP contribution in [0.3, 0.4) is 0 Å². The zero-order valence-electron chi connectivity index (χ0n) is 12.9. The molecule has 0 aliphatic carbocycles. The summed E-state index contributed by atoms with van der Waals surface area (Å²) in [5, 5.41) is 0. The minimum Gasteiger partial charge on any atom is -0.455 e. The van der Waals surface area contributed by atoms with E-state index in [0.717, 1.165) is 23.8 Å². The van der Waals surface area contributed by atoms with Crippen LogP contribution < -0.4 is 4.74 Å². The van der Waals surface area contributed by atoms with Gasteiger partial charge in [-0.2, -0.15) is 0 Å². The maximum Gasteiger partial charge on any atom is 0.154 e. The van der Waals surface area contributed by atoms with Crippen LogP contribution in [0.4, 0.5) is 0 Å². The van der Waals surface area contributed by atoms with Crippen molar-refractivity contribution in [3.63, 3.8) is 0 Å². The van der Waals surface area contributed by atoms with Crippen LogP contribution in [0.15, 0.2) is 30.3 Å². The molecule has 0 radical (unpaired) electrons. The molecule has 0 aliphatic rings. The zero-order valence-corrected chi connectivity index (χ0v) is 19.4. The maximum absolute atomic E-state index is 6.14. The van der Waals surface area contributed by atoms with Crippen molar-refractivity contribution < 1.29 is 4.74 Å². The summed E-state index contributed by atoms with van der Waals surface area (Å²) >= 11 is 7.11. The number of ether oxygens (including phenoxy) is 1. The van der Waals surface area contributed by atoms with Gasteiger partial charge in [0.2, 0.25) is 0 Å². The predicted octanol–water partition coefficient (Wildman–Crippen LogP) is 7.19. The molecule has 0 aromatic heterocycles. The van der Waals surface area contributed by atoms with Crippen LogP contribution in [-0.4, -0.2) is 0 Å². The lowest BCUT2D eigenvalue weighted by atomic mass is 10.0. The Hall–Kier alpha value is 0.430. The van der Waals surface area contributed by atoms with Crippen molar-refractivity contribution in [3.05, 3.63) is 52.2 Å². The fourth-order valence-electron chi connectivity index (χ4n) is 2.06. The lowest BCUT2D eigenvalue weighted by molar-refractivity contribution is 0.474. The highest BCUT2D eigenvalue weighted by Crippen LogP contribution is 2.34. The summed E-state index contributed by atoms with van der Waals surface area (Å²) in [7, 11) is 0. The standard InChI is InChI=1S/C18H19I3O/c1-11(2)4-6-13-8-16(20)18(17(21)9-13)22-14-7-5-12(3)15(19)10-14/h5,7-11H,4,6H2,1-3H3. The van der Waals surface area contributed by atoms with Gasteiger partial charge in [0.25, 0.3) is 0 Å². The van der Waals surface area contributed by atoms with Crippen LogP contribution in [0.2, 0.25) is 0 Å². The Morgan fingerprint density at radius 3 is 2.14 bits per heavy atom. The van der Waals surface area contributed by atoms with E-state index in [4.69, 9.17) is 4.74 Å². The Bertz CT molecular complexity index is 642. The monoisotopic (exact) mass is 632 g/mol. The van der Waals surface area contributed by atoms with Crippen molar-refractivity contribution in [2.45, 2.75) is 33.6 Å². The van der Waals surface area contributed by atoms with E-state index in [1.54, 1.807) is 0 Å². The van der Waals surface area contributed by atoms with E-state index in [1.807, 2.05) is 6.07 Å². The summed E-state index contributed by atoms with van der Waals surface area (Å²) < 4.78 is 9.73. The Morgan fingerprint density at radius 2 is 1.59 bits per heavy atom. The number of hydrogen-bond donors (Lipinski definition) is 0. The van der Waals surface area contributed by atoms with Crippen molar-refractivity contribution in [1.82, 2.24) is 0 Å². The van der Waals surface area contributed by atoms with Crippen LogP contribution in [0.25, 0.3) is 0 Å². The number of halogens is 3. The zero-order chi connectivity index (χ0) is 16.3. The lowest BCUT2D eigenvalue weighted by Crippen LogP contribution is -1.97. The minimum absolute atomic E-state index is 0.737. The predicted molar refractivity (Wildman–Crippen MR) is 119 cm³/mol. The molecule has 4 heteroatoms. The van der Waals surface area contributed by atoms with Crippen LogP contribution >= 0.6 is 67.8 Å². The lowest BCUT2D eigenvalue weighted by Gasteiger charge is -2.13. The van der Waals surface area contributed by atoms with Crippen molar-refractivity contribution >= 4 is 67.8 Å². The number of benzene rings is 2. The molecule has 0 spiro atoms. The van der Waals surface area contributed by atoms with E-state index in [-0.39, 0.29) is 0 Å². The molecule has 0 saturated heterocycles. The molecule has 0 amide bonds. The van der Waals surface area contributed by atoms with Gasteiger partial charge >= 0.3 is 0 Å². The summed E-state index contributed by atoms with van der Waals surface area (Å²) in [4.78, 5) is 0. The van der Waals surface area contributed by atoms with E-state index in [1.165, 1.54) is 28.3 Å². The molecule has 0 atom stereocenters. The summed E-state index contributed by atoms with van der Waals surface area (Å²) in [5.41, 5.74) is 2.68. The molecule has 1 nitrogen and oxygen atoms in total. The van der Waals surface area contributed by atoms with Gasteiger partial charge in [0.15, 0.2) is 5.75 Å². The largest absolute Gasteiger partial charge is 0.455 e. The second kappa shape index (κ2) is 8.50. The third-order valence-corrected chi connectivity index (χ3v) is 6.20. The van der Waals surface area contributed by atoms with E-state index < -0.39 is 0 Å². The van der Waals surface area contributed by atoms with Crippen molar-refractivity contribution in [2.75, 3.05) is 0 Å². The van der Waals surface area contributed by atoms with Crippen molar-refractivity contribution in [2.24, 2.45) is 5.92 Å².